The van der Waals surface area contributed by atoms with Crippen molar-refractivity contribution >= 4 is 17.3 Å². The number of rotatable bonds is 3. The molecule has 0 saturated carbocycles. The molecule has 1 amide bonds. The van der Waals surface area contributed by atoms with Gasteiger partial charge in [0.05, 0.1) is 19.1 Å². The second-order valence-electron chi connectivity index (χ2n) is 8.38. The van der Waals surface area contributed by atoms with Crippen LogP contribution in [0.3, 0.4) is 0 Å². The minimum Gasteiger partial charge on any atom is -0.497 e. The van der Waals surface area contributed by atoms with Crippen LogP contribution in [0.25, 0.3) is 0 Å². The molecule has 2 aromatic rings. The Morgan fingerprint density at radius 3 is 2.48 bits per heavy atom. The minimum absolute atomic E-state index is 0.0315. The molecule has 5 rings (SSSR count). The van der Waals surface area contributed by atoms with Gasteiger partial charge in [0, 0.05) is 44.1 Å². The van der Waals surface area contributed by atoms with Gasteiger partial charge in [0.2, 0.25) is 5.91 Å². The zero-order valence-electron chi connectivity index (χ0n) is 17.1. The molecule has 152 valence electrons. The van der Waals surface area contributed by atoms with Gasteiger partial charge in [-0.3, -0.25) is 4.79 Å². The molecule has 3 heterocycles. The third-order valence-corrected chi connectivity index (χ3v) is 6.80. The van der Waals surface area contributed by atoms with Gasteiger partial charge >= 0.3 is 0 Å². The van der Waals surface area contributed by atoms with Crippen molar-refractivity contribution in [1.29, 1.82) is 0 Å². The van der Waals surface area contributed by atoms with E-state index in [-0.39, 0.29) is 12.0 Å². The average molecular weight is 392 g/mol. The number of anilines is 2. The molecule has 5 nitrogen and oxygen atoms in total. The summed E-state index contributed by atoms with van der Waals surface area (Å²) in [7, 11) is 1.70. The molecule has 2 atom stereocenters. The highest BCUT2D eigenvalue weighted by molar-refractivity contribution is 5.82. The normalized spacial score (nSPS) is 23.6. The molecule has 2 fully saturated rings. The number of likely N-dealkylation sites (tertiary alicyclic amines) is 1. The maximum absolute atomic E-state index is 13.5. The Morgan fingerprint density at radius 1 is 0.966 bits per heavy atom. The first-order chi connectivity index (χ1) is 14.2. The van der Waals surface area contributed by atoms with E-state index in [0.717, 1.165) is 57.7 Å². The van der Waals surface area contributed by atoms with E-state index < -0.39 is 0 Å². The molecule has 0 aromatic heterocycles. The zero-order chi connectivity index (χ0) is 19.8. The number of hydrogen-bond donors (Lipinski definition) is 0. The molecule has 2 aromatic carbocycles. The molecule has 0 N–H and O–H groups in total. The van der Waals surface area contributed by atoms with Crippen LogP contribution in [0.4, 0.5) is 11.4 Å². The summed E-state index contributed by atoms with van der Waals surface area (Å²) >= 11 is 0. The third kappa shape index (κ3) is 3.33. The van der Waals surface area contributed by atoms with E-state index in [4.69, 9.17) is 4.74 Å². The second-order valence-corrected chi connectivity index (χ2v) is 8.38. The fourth-order valence-electron chi connectivity index (χ4n) is 5.24. The molecule has 0 unspecified atom stereocenters. The predicted octanol–water partition coefficient (Wildman–Crippen LogP) is 3.19. The van der Waals surface area contributed by atoms with Crippen LogP contribution in [0.15, 0.2) is 48.5 Å². The van der Waals surface area contributed by atoms with E-state index in [1.165, 1.54) is 16.9 Å². The van der Waals surface area contributed by atoms with E-state index in [1.54, 1.807) is 7.11 Å². The largest absolute Gasteiger partial charge is 0.497 e. The van der Waals surface area contributed by atoms with Crippen molar-refractivity contribution in [3.05, 3.63) is 54.1 Å². The number of fused-ring (bicyclic) bond motifs is 3. The number of carbonyl (C=O) groups excluding carboxylic acids is 1. The molecule has 0 aliphatic carbocycles. The highest BCUT2D eigenvalue weighted by atomic mass is 16.5. The maximum Gasteiger partial charge on any atom is 0.228 e. The summed E-state index contributed by atoms with van der Waals surface area (Å²) in [6.07, 6.45) is 3.13. The molecule has 0 bridgehead atoms. The van der Waals surface area contributed by atoms with Crippen molar-refractivity contribution in [3.63, 3.8) is 0 Å². The first-order valence-electron chi connectivity index (χ1n) is 10.8. The zero-order valence-corrected chi connectivity index (χ0v) is 17.1. The summed E-state index contributed by atoms with van der Waals surface area (Å²) in [4.78, 5) is 20.5. The highest BCUT2D eigenvalue weighted by Gasteiger charge is 2.43. The van der Waals surface area contributed by atoms with Crippen molar-refractivity contribution < 1.29 is 9.53 Å². The number of amides is 1. The number of carbonyl (C=O) groups is 1. The van der Waals surface area contributed by atoms with Crippen molar-refractivity contribution in [3.8, 4) is 5.75 Å². The van der Waals surface area contributed by atoms with Crippen LogP contribution >= 0.6 is 0 Å². The summed E-state index contributed by atoms with van der Waals surface area (Å²) < 4.78 is 5.31. The van der Waals surface area contributed by atoms with Crippen LogP contribution in [0.1, 0.15) is 18.4 Å². The Hall–Kier alpha value is -2.69. The van der Waals surface area contributed by atoms with Crippen LogP contribution in [0, 0.1) is 5.92 Å². The molecule has 5 heteroatoms. The lowest BCUT2D eigenvalue weighted by molar-refractivity contribution is -0.135. The van der Waals surface area contributed by atoms with E-state index in [2.05, 4.69) is 51.1 Å². The summed E-state index contributed by atoms with van der Waals surface area (Å²) in [6, 6.07) is 17.2. The molecular weight excluding hydrogens is 362 g/mol. The maximum atomic E-state index is 13.5. The number of methoxy groups -OCH3 is 1. The minimum atomic E-state index is 0.0315. The molecule has 3 aliphatic rings. The van der Waals surface area contributed by atoms with Gasteiger partial charge in [-0.05, 0) is 55.2 Å². The van der Waals surface area contributed by atoms with Crippen molar-refractivity contribution in [2.45, 2.75) is 25.3 Å². The van der Waals surface area contributed by atoms with Gasteiger partial charge in [0.1, 0.15) is 5.75 Å². The Kier molecular flexibility index (Phi) is 4.82. The molecular formula is C24H29N3O2. The van der Waals surface area contributed by atoms with Gasteiger partial charge in [-0.25, -0.2) is 0 Å². The summed E-state index contributed by atoms with van der Waals surface area (Å²) in [5, 5.41) is 0. The number of para-hydroxylation sites is 1. The average Bonchev–Trinajstić information content (AvgIpc) is 3.33. The van der Waals surface area contributed by atoms with Crippen molar-refractivity contribution in [1.82, 2.24) is 4.90 Å². The Labute approximate surface area is 172 Å². The number of nitrogens with zero attached hydrogens (tertiary/aromatic N) is 3. The monoisotopic (exact) mass is 391 g/mol. The standard InChI is InChI=1S/C24H29N3O2/c1-29-20-10-8-19(9-11-20)26-14-15-27-22-7-3-2-6-18(22)16-21(23(27)17-26)24(28)25-12-4-5-13-25/h2-3,6-11,21,23H,4-5,12-17H2,1H3/t21-,23+/m1/s1. The van der Waals surface area contributed by atoms with Crippen LogP contribution < -0.4 is 14.5 Å². The summed E-state index contributed by atoms with van der Waals surface area (Å²) in [6.45, 7) is 4.63. The first-order valence-corrected chi connectivity index (χ1v) is 10.8. The van der Waals surface area contributed by atoms with E-state index in [0.29, 0.717) is 5.91 Å². The van der Waals surface area contributed by atoms with Gasteiger partial charge in [-0.15, -0.1) is 0 Å². The van der Waals surface area contributed by atoms with Crippen LogP contribution in [0.5, 0.6) is 5.75 Å². The second kappa shape index (κ2) is 7.62. The van der Waals surface area contributed by atoms with Crippen molar-refractivity contribution in [2.75, 3.05) is 49.6 Å². The van der Waals surface area contributed by atoms with E-state index >= 15 is 0 Å². The summed E-state index contributed by atoms with van der Waals surface area (Å²) in [5.74, 6) is 1.26. The quantitative estimate of drug-likeness (QED) is 0.805. The predicted molar refractivity (Wildman–Crippen MR) is 116 cm³/mol. The van der Waals surface area contributed by atoms with Gasteiger partial charge < -0.3 is 19.4 Å². The van der Waals surface area contributed by atoms with Gasteiger partial charge in [0.15, 0.2) is 0 Å². The molecule has 0 radical (unpaired) electrons. The van der Waals surface area contributed by atoms with Crippen LogP contribution in [-0.2, 0) is 11.2 Å². The lowest BCUT2D eigenvalue weighted by atomic mass is 9.83. The first kappa shape index (κ1) is 18.3. The molecule has 29 heavy (non-hydrogen) atoms. The highest BCUT2D eigenvalue weighted by Crippen LogP contribution is 2.38. The summed E-state index contributed by atoms with van der Waals surface area (Å²) in [5.41, 5.74) is 3.84. The Bertz CT molecular complexity index is 876. The third-order valence-electron chi connectivity index (χ3n) is 6.80. The fourth-order valence-corrected chi connectivity index (χ4v) is 5.24. The number of ether oxygens (including phenoxy) is 1. The Balaban J connectivity index is 1.44. The lowest BCUT2D eigenvalue weighted by Crippen LogP contribution is -2.61. The SMILES string of the molecule is COc1ccc(N2CCN3c4ccccc4C[C@@H](C(=O)N4CCCC4)[C@@H]3C2)cc1. The number of piperazine rings is 1. The van der Waals surface area contributed by atoms with Gasteiger partial charge in [0.25, 0.3) is 0 Å². The lowest BCUT2D eigenvalue weighted by Gasteiger charge is -2.50. The topological polar surface area (TPSA) is 36.0 Å². The molecule has 3 aliphatic heterocycles. The van der Waals surface area contributed by atoms with E-state index in [9.17, 15) is 4.79 Å². The van der Waals surface area contributed by atoms with Crippen LogP contribution in [0.2, 0.25) is 0 Å². The van der Waals surface area contributed by atoms with Crippen molar-refractivity contribution in [2.24, 2.45) is 5.92 Å². The number of hydrogen-bond acceptors (Lipinski definition) is 4. The molecule has 0 spiro atoms. The Morgan fingerprint density at radius 2 is 1.72 bits per heavy atom. The van der Waals surface area contributed by atoms with Gasteiger partial charge in [-0.2, -0.15) is 0 Å². The van der Waals surface area contributed by atoms with Gasteiger partial charge in [-0.1, -0.05) is 18.2 Å². The smallest absolute Gasteiger partial charge is 0.228 e. The molecule has 2 saturated heterocycles. The van der Waals surface area contributed by atoms with E-state index in [1.807, 2.05) is 12.1 Å². The van der Waals surface area contributed by atoms with Crippen LogP contribution in [-0.4, -0.2) is 56.7 Å². The number of benzene rings is 2. The fraction of sp³-hybridized carbons (Fsp3) is 0.458.